The monoisotopic (exact) mass is 353 g/mol. The fraction of sp³-hybridized carbons (Fsp3) is 0.286. The number of rotatable bonds is 6. The molecule has 0 aliphatic heterocycles. The Balaban J connectivity index is 1.67. The zero-order valence-corrected chi connectivity index (χ0v) is 15.9. The molecule has 0 aliphatic rings. The van der Waals surface area contributed by atoms with E-state index >= 15 is 0 Å². The number of fused-ring (bicyclic) bond motifs is 1. The fourth-order valence-corrected chi connectivity index (χ4v) is 3.71. The van der Waals surface area contributed by atoms with Crippen molar-refractivity contribution in [2.75, 3.05) is 19.5 Å². The summed E-state index contributed by atoms with van der Waals surface area (Å²) in [5, 5.41) is 2.13. The highest BCUT2D eigenvalue weighted by Crippen LogP contribution is 2.29. The lowest BCUT2D eigenvalue weighted by Gasteiger charge is -2.10. The molecule has 0 radical (unpaired) electrons. The molecule has 1 aromatic heterocycles. The van der Waals surface area contributed by atoms with Crippen molar-refractivity contribution in [3.63, 3.8) is 0 Å². The summed E-state index contributed by atoms with van der Waals surface area (Å²) >= 11 is 1.70. The Labute approximate surface area is 153 Å². The summed E-state index contributed by atoms with van der Waals surface area (Å²) in [6.07, 6.45) is 0. The van der Waals surface area contributed by atoms with Crippen LogP contribution in [0.3, 0.4) is 0 Å². The second-order valence-corrected chi connectivity index (χ2v) is 7.27. The molecule has 0 spiro atoms. The molecule has 0 amide bonds. The van der Waals surface area contributed by atoms with Gasteiger partial charge in [0.05, 0.1) is 18.7 Å². The molecule has 0 N–H and O–H groups in total. The average Bonchev–Trinajstić information content (AvgIpc) is 2.57. The summed E-state index contributed by atoms with van der Waals surface area (Å²) in [5.74, 6) is 2.59. The van der Waals surface area contributed by atoms with E-state index in [0.29, 0.717) is 6.61 Å². The van der Waals surface area contributed by atoms with Crippen LogP contribution in [0.2, 0.25) is 0 Å². The number of pyridine rings is 1. The van der Waals surface area contributed by atoms with Crippen molar-refractivity contribution >= 4 is 22.7 Å². The minimum absolute atomic E-state index is 0.651. The largest absolute Gasteiger partial charge is 0.494 e. The van der Waals surface area contributed by atoms with Crippen molar-refractivity contribution in [1.29, 1.82) is 0 Å². The minimum atomic E-state index is 0.651. The van der Waals surface area contributed by atoms with E-state index in [0.717, 1.165) is 33.2 Å². The van der Waals surface area contributed by atoms with Crippen LogP contribution < -0.4 is 9.47 Å². The van der Waals surface area contributed by atoms with Crippen molar-refractivity contribution in [1.82, 2.24) is 4.98 Å². The van der Waals surface area contributed by atoms with E-state index in [1.807, 2.05) is 12.1 Å². The Kier molecular flexibility index (Phi) is 5.49. The second-order valence-electron chi connectivity index (χ2n) is 6.15. The van der Waals surface area contributed by atoms with E-state index in [1.54, 1.807) is 18.9 Å². The Morgan fingerprint density at radius 2 is 1.76 bits per heavy atom. The zero-order chi connectivity index (χ0) is 17.8. The lowest BCUT2D eigenvalue weighted by molar-refractivity contribution is 0.343. The number of aryl methyl sites for hydroxylation is 3. The first-order chi connectivity index (χ1) is 12.1. The second kappa shape index (κ2) is 7.79. The summed E-state index contributed by atoms with van der Waals surface area (Å²) < 4.78 is 11.3. The molecule has 3 aromatic rings. The fourth-order valence-electron chi connectivity index (χ4n) is 2.92. The van der Waals surface area contributed by atoms with E-state index in [2.05, 4.69) is 51.1 Å². The Morgan fingerprint density at radius 1 is 1.00 bits per heavy atom. The van der Waals surface area contributed by atoms with Crippen molar-refractivity contribution in [3.05, 3.63) is 59.2 Å². The topological polar surface area (TPSA) is 31.4 Å². The molecule has 0 fully saturated rings. The van der Waals surface area contributed by atoms with Gasteiger partial charge in [-0.1, -0.05) is 18.2 Å². The van der Waals surface area contributed by atoms with Crippen LogP contribution in [0.4, 0.5) is 0 Å². The van der Waals surface area contributed by atoms with Crippen LogP contribution in [0.5, 0.6) is 11.5 Å². The van der Waals surface area contributed by atoms with Gasteiger partial charge in [0, 0.05) is 11.1 Å². The van der Waals surface area contributed by atoms with Crippen molar-refractivity contribution in [3.8, 4) is 11.5 Å². The van der Waals surface area contributed by atoms with Gasteiger partial charge < -0.3 is 9.47 Å². The van der Waals surface area contributed by atoms with Gasteiger partial charge in [0.25, 0.3) is 0 Å². The maximum absolute atomic E-state index is 5.88. The Morgan fingerprint density at radius 3 is 2.48 bits per heavy atom. The van der Waals surface area contributed by atoms with Crippen molar-refractivity contribution in [2.45, 2.75) is 25.8 Å². The van der Waals surface area contributed by atoms with Crippen LogP contribution in [-0.2, 0) is 0 Å². The van der Waals surface area contributed by atoms with Crippen LogP contribution >= 0.6 is 11.8 Å². The first kappa shape index (κ1) is 17.6. The first-order valence-corrected chi connectivity index (χ1v) is 9.33. The van der Waals surface area contributed by atoms with Gasteiger partial charge >= 0.3 is 0 Å². The maximum Gasteiger partial charge on any atom is 0.145 e. The van der Waals surface area contributed by atoms with Gasteiger partial charge in [0.2, 0.25) is 0 Å². The SMILES string of the molecule is COc1cccc2c(C)cc(SCCOc3cc(C)cc(C)c3)nc12. The Hall–Kier alpha value is -2.20. The summed E-state index contributed by atoms with van der Waals surface area (Å²) in [4.78, 5) is 4.76. The highest BCUT2D eigenvalue weighted by Gasteiger charge is 2.08. The number of thioether (sulfide) groups is 1. The normalized spacial score (nSPS) is 10.9. The van der Waals surface area contributed by atoms with E-state index in [9.17, 15) is 0 Å². The molecule has 0 aliphatic carbocycles. The number of hydrogen-bond acceptors (Lipinski definition) is 4. The number of hydrogen-bond donors (Lipinski definition) is 0. The smallest absolute Gasteiger partial charge is 0.145 e. The predicted molar refractivity (Wildman–Crippen MR) is 105 cm³/mol. The van der Waals surface area contributed by atoms with E-state index in [-0.39, 0.29) is 0 Å². The third-order valence-corrected chi connectivity index (χ3v) is 4.88. The van der Waals surface area contributed by atoms with Gasteiger partial charge in [0.1, 0.15) is 17.0 Å². The van der Waals surface area contributed by atoms with Crippen LogP contribution in [-0.4, -0.2) is 24.5 Å². The number of nitrogens with zero attached hydrogens (tertiary/aromatic N) is 1. The highest BCUT2D eigenvalue weighted by molar-refractivity contribution is 7.99. The molecular weight excluding hydrogens is 330 g/mol. The quantitative estimate of drug-likeness (QED) is 0.442. The molecule has 0 saturated carbocycles. The van der Waals surface area contributed by atoms with Crippen LogP contribution in [0.25, 0.3) is 10.9 Å². The molecular formula is C21H23NO2S. The number of ether oxygens (including phenoxy) is 2. The van der Waals surface area contributed by atoms with Crippen molar-refractivity contribution in [2.24, 2.45) is 0 Å². The highest BCUT2D eigenvalue weighted by atomic mass is 32.2. The number of para-hydroxylation sites is 1. The minimum Gasteiger partial charge on any atom is -0.494 e. The van der Waals surface area contributed by atoms with Gasteiger partial charge in [-0.05, 0) is 61.7 Å². The molecule has 0 bridgehead atoms. The standard InChI is InChI=1S/C21H23NO2S/c1-14-10-15(2)12-17(11-14)24-8-9-25-20-13-16(3)18-6-5-7-19(23-4)21(18)22-20/h5-7,10-13H,8-9H2,1-4H3. The van der Waals surface area contributed by atoms with Gasteiger partial charge in [-0.15, -0.1) is 11.8 Å². The van der Waals surface area contributed by atoms with Gasteiger partial charge in [0.15, 0.2) is 0 Å². The predicted octanol–water partition coefficient (Wildman–Crippen LogP) is 5.34. The number of methoxy groups -OCH3 is 1. The molecule has 0 unspecified atom stereocenters. The van der Waals surface area contributed by atoms with Crippen molar-refractivity contribution < 1.29 is 9.47 Å². The van der Waals surface area contributed by atoms with E-state index in [4.69, 9.17) is 14.5 Å². The van der Waals surface area contributed by atoms with Gasteiger partial charge in [-0.25, -0.2) is 4.98 Å². The van der Waals surface area contributed by atoms with Gasteiger partial charge in [-0.2, -0.15) is 0 Å². The summed E-state index contributed by atoms with van der Waals surface area (Å²) in [6.45, 7) is 6.94. The number of aromatic nitrogens is 1. The molecule has 0 saturated heterocycles. The molecule has 3 rings (SSSR count). The molecule has 130 valence electrons. The molecule has 3 nitrogen and oxygen atoms in total. The van der Waals surface area contributed by atoms with Crippen LogP contribution in [0.1, 0.15) is 16.7 Å². The third kappa shape index (κ3) is 4.26. The van der Waals surface area contributed by atoms with Crippen LogP contribution in [0, 0.1) is 20.8 Å². The molecule has 0 atom stereocenters. The lowest BCUT2D eigenvalue weighted by Crippen LogP contribution is -2.01. The summed E-state index contributed by atoms with van der Waals surface area (Å²) in [6, 6.07) is 14.5. The van der Waals surface area contributed by atoms with Crippen LogP contribution in [0.15, 0.2) is 47.5 Å². The Bertz CT molecular complexity index is 872. The molecule has 1 heterocycles. The average molecular weight is 353 g/mol. The summed E-state index contributed by atoms with van der Waals surface area (Å²) in [5.41, 5.74) is 4.58. The van der Waals surface area contributed by atoms with E-state index < -0.39 is 0 Å². The third-order valence-electron chi connectivity index (χ3n) is 4.00. The first-order valence-electron chi connectivity index (χ1n) is 8.35. The summed E-state index contributed by atoms with van der Waals surface area (Å²) in [7, 11) is 1.68. The van der Waals surface area contributed by atoms with E-state index in [1.165, 1.54) is 16.7 Å². The van der Waals surface area contributed by atoms with Gasteiger partial charge in [-0.3, -0.25) is 0 Å². The molecule has 25 heavy (non-hydrogen) atoms. The molecule has 4 heteroatoms. The number of benzene rings is 2. The lowest BCUT2D eigenvalue weighted by atomic mass is 10.1. The maximum atomic E-state index is 5.88. The molecule has 2 aromatic carbocycles. The zero-order valence-electron chi connectivity index (χ0n) is 15.1.